The maximum Gasteiger partial charge on any atom is 0.222 e. The van der Waals surface area contributed by atoms with Crippen molar-refractivity contribution in [1.82, 2.24) is 9.97 Å². The molecule has 1 aliphatic heterocycles. The predicted molar refractivity (Wildman–Crippen MR) is 104 cm³/mol. The second kappa shape index (κ2) is 8.01. The van der Waals surface area contributed by atoms with Crippen LogP contribution in [-0.2, 0) is 17.3 Å². The lowest BCUT2D eigenvalue weighted by molar-refractivity contribution is 0.674. The number of nitrogens with zero attached hydrogens (tertiary/aromatic N) is 3. The Labute approximate surface area is 155 Å². The molecule has 0 radical (unpaired) electrons. The number of hydrogen-bond acceptors (Lipinski definition) is 6. The largest absolute Gasteiger partial charge is 0.368 e. The molecular weight excluding hydrogens is 358 g/mol. The molecule has 0 saturated heterocycles. The Balaban J connectivity index is 1.92. The van der Waals surface area contributed by atoms with Gasteiger partial charge in [-0.3, -0.25) is 4.21 Å². The highest BCUT2D eigenvalue weighted by Crippen LogP contribution is 2.36. The summed E-state index contributed by atoms with van der Waals surface area (Å²) in [5, 5.41) is 7.70. The van der Waals surface area contributed by atoms with E-state index >= 15 is 0 Å². The Morgan fingerprint density at radius 1 is 1.28 bits per heavy atom. The van der Waals surface area contributed by atoms with Gasteiger partial charge in [-0.25, -0.2) is 9.97 Å². The summed E-state index contributed by atoms with van der Waals surface area (Å²) >= 11 is 5.96. The van der Waals surface area contributed by atoms with E-state index in [2.05, 4.69) is 25.5 Å². The van der Waals surface area contributed by atoms with E-state index in [0.29, 0.717) is 29.9 Å². The fraction of sp³-hybridized carbons (Fsp3) is 0.412. The van der Waals surface area contributed by atoms with Gasteiger partial charge in [0.25, 0.3) is 0 Å². The van der Waals surface area contributed by atoms with E-state index < -0.39 is 10.8 Å². The van der Waals surface area contributed by atoms with E-state index in [1.807, 2.05) is 38.1 Å². The van der Waals surface area contributed by atoms with Crippen LogP contribution in [0.15, 0.2) is 29.4 Å². The summed E-state index contributed by atoms with van der Waals surface area (Å²) < 4.78 is 12.4. The molecule has 0 amide bonds. The van der Waals surface area contributed by atoms with Crippen molar-refractivity contribution in [3.63, 3.8) is 0 Å². The zero-order valence-electron chi connectivity index (χ0n) is 14.4. The molecule has 1 atom stereocenters. The molecule has 0 saturated carbocycles. The molecule has 8 heteroatoms. The Kier molecular flexibility index (Phi) is 5.75. The minimum absolute atomic E-state index is 0.390. The summed E-state index contributed by atoms with van der Waals surface area (Å²) in [6.07, 6.45) is 0.830. The smallest absolute Gasteiger partial charge is 0.222 e. The van der Waals surface area contributed by atoms with Crippen molar-refractivity contribution in [3.05, 3.63) is 34.9 Å². The Morgan fingerprint density at radius 2 is 2.04 bits per heavy atom. The predicted octanol–water partition coefficient (Wildman–Crippen LogP) is 3.47. The van der Waals surface area contributed by atoms with Gasteiger partial charge < -0.3 is 15.5 Å². The van der Waals surface area contributed by atoms with E-state index in [4.69, 9.17) is 11.6 Å². The third kappa shape index (κ3) is 4.04. The fourth-order valence-corrected chi connectivity index (χ4v) is 3.75. The number of fused-ring (bicyclic) bond motifs is 1. The first kappa shape index (κ1) is 17.9. The van der Waals surface area contributed by atoms with Crippen LogP contribution in [-0.4, -0.2) is 33.1 Å². The number of hydrogen-bond donors (Lipinski definition) is 2. The average Bonchev–Trinajstić information content (AvgIpc) is 3.00. The van der Waals surface area contributed by atoms with Crippen LogP contribution in [0.25, 0.3) is 0 Å². The molecule has 134 valence electrons. The van der Waals surface area contributed by atoms with Crippen molar-refractivity contribution in [2.45, 2.75) is 32.0 Å². The minimum atomic E-state index is -1.19. The second-order valence-corrected chi connectivity index (χ2v) is 7.69. The summed E-state index contributed by atoms with van der Waals surface area (Å²) in [7, 11) is -1.19. The van der Waals surface area contributed by atoms with Gasteiger partial charge in [-0.05, 0) is 31.0 Å². The molecule has 0 aliphatic carbocycles. The molecule has 1 aromatic carbocycles. The fourth-order valence-electron chi connectivity index (χ4n) is 2.68. The molecule has 3 rings (SSSR count). The highest BCUT2D eigenvalue weighted by molar-refractivity contribution is 7.84. The highest BCUT2D eigenvalue weighted by Gasteiger charge is 2.26. The SMILES string of the molecule is CCCS(=O)c1nc(NCC)c2c(n1)N(Cc1ccc(Cl)cc1)CN2. The van der Waals surface area contributed by atoms with Crippen molar-refractivity contribution in [2.75, 3.05) is 34.5 Å². The molecule has 6 nitrogen and oxygen atoms in total. The van der Waals surface area contributed by atoms with E-state index in [0.717, 1.165) is 35.1 Å². The maximum absolute atomic E-state index is 12.4. The number of aromatic nitrogens is 2. The molecular formula is C17H22ClN5OS. The van der Waals surface area contributed by atoms with E-state index in [9.17, 15) is 4.21 Å². The van der Waals surface area contributed by atoms with Gasteiger partial charge >= 0.3 is 0 Å². The van der Waals surface area contributed by atoms with Gasteiger partial charge in [0.1, 0.15) is 5.69 Å². The molecule has 2 heterocycles. The number of benzene rings is 1. The second-order valence-electron chi connectivity index (χ2n) is 5.79. The number of anilines is 3. The van der Waals surface area contributed by atoms with Crippen LogP contribution in [0.2, 0.25) is 5.02 Å². The number of rotatable bonds is 7. The van der Waals surface area contributed by atoms with Crippen molar-refractivity contribution >= 4 is 39.7 Å². The summed E-state index contributed by atoms with van der Waals surface area (Å²) in [4.78, 5) is 11.2. The molecule has 0 bridgehead atoms. The highest BCUT2D eigenvalue weighted by atomic mass is 35.5. The van der Waals surface area contributed by atoms with Crippen LogP contribution < -0.4 is 15.5 Å². The Morgan fingerprint density at radius 3 is 2.72 bits per heavy atom. The molecule has 2 aromatic rings. The molecule has 25 heavy (non-hydrogen) atoms. The van der Waals surface area contributed by atoms with E-state index in [1.54, 1.807) is 0 Å². The Bertz CT molecular complexity index is 768. The molecule has 0 fully saturated rings. The zero-order valence-corrected chi connectivity index (χ0v) is 16.0. The lowest BCUT2D eigenvalue weighted by Gasteiger charge is -2.18. The average molecular weight is 380 g/mol. The van der Waals surface area contributed by atoms with Crippen molar-refractivity contribution in [3.8, 4) is 0 Å². The van der Waals surface area contributed by atoms with Crippen molar-refractivity contribution in [1.29, 1.82) is 0 Å². The van der Waals surface area contributed by atoms with E-state index in [1.165, 1.54) is 0 Å². The summed E-state index contributed by atoms with van der Waals surface area (Å²) in [5.74, 6) is 2.07. The quantitative estimate of drug-likeness (QED) is 0.718. The summed E-state index contributed by atoms with van der Waals surface area (Å²) in [6.45, 7) is 6.08. The molecule has 2 N–H and O–H groups in total. The standard InChI is InChI=1S/C17H22ClN5OS/c1-3-9-25(24)17-21-15(19-4-2)14-16(22-17)23(11-20-14)10-12-5-7-13(18)8-6-12/h5-8,20H,3-4,9-11H2,1-2H3,(H,19,21,22). The van der Waals surface area contributed by atoms with Gasteiger partial charge in [-0.1, -0.05) is 30.7 Å². The normalized spacial score (nSPS) is 14.1. The van der Waals surface area contributed by atoms with Crippen LogP contribution in [0.5, 0.6) is 0 Å². The monoisotopic (exact) mass is 379 g/mol. The lowest BCUT2D eigenvalue weighted by Crippen LogP contribution is -2.23. The van der Waals surface area contributed by atoms with Crippen LogP contribution in [0.3, 0.4) is 0 Å². The lowest BCUT2D eigenvalue weighted by atomic mass is 10.2. The van der Waals surface area contributed by atoms with Gasteiger partial charge in [0, 0.05) is 23.9 Å². The Hall–Kier alpha value is -1.86. The maximum atomic E-state index is 12.4. The zero-order chi connectivity index (χ0) is 17.8. The van der Waals surface area contributed by atoms with Gasteiger partial charge in [0.05, 0.1) is 17.5 Å². The van der Waals surface area contributed by atoms with Crippen LogP contribution in [0.1, 0.15) is 25.8 Å². The molecule has 1 aromatic heterocycles. The molecule has 1 unspecified atom stereocenters. The molecule has 0 spiro atoms. The summed E-state index contributed by atoms with van der Waals surface area (Å²) in [6, 6.07) is 7.77. The third-order valence-corrected chi connectivity index (χ3v) is 5.46. The van der Waals surface area contributed by atoms with Gasteiger partial charge in [-0.2, -0.15) is 0 Å². The van der Waals surface area contributed by atoms with Crippen molar-refractivity contribution in [2.24, 2.45) is 0 Å². The van der Waals surface area contributed by atoms with Crippen LogP contribution in [0, 0.1) is 0 Å². The first-order valence-corrected chi connectivity index (χ1v) is 10.1. The van der Waals surface area contributed by atoms with Gasteiger partial charge in [0.2, 0.25) is 5.16 Å². The first-order chi connectivity index (χ1) is 12.1. The number of halogens is 1. The summed E-state index contributed by atoms with van der Waals surface area (Å²) in [5.41, 5.74) is 2.01. The van der Waals surface area contributed by atoms with Crippen LogP contribution in [0.4, 0.5) is 17.3 Å². The van der Waals surface area contributed by atoms with Gasteiger partial charge in [0.15, 0.2) is 11.6 Å². The first-order valence-electron chi connectivity index (χ1n) is 8.40. The minimum Gasteiger partial charge on any atom is -0.368 e. The van der Waals surface area contributed by atoms with Crippen LogP contribution >= 0.6 is 11.6 Å². The van der Waals surface area contributed by atoms with Gasteiger partial charge in [-0.15, -0.1) is 0 Å². The molecule has 1 aliphatic rings. The number of nitrogens with one attached hydrogen (secondary N) is 2. The van der Waals surface area contributed by atoms with Crippen molar-refractivity contribution < 1.29 is 4.21 Å². The topological polar surface area (TPSA) is 70.2 Å². The third-order valence-electron chi connectivity index (χ3n) is 3.84. The van der Waals surface area contributed by atoms with E-state index in [-0.39, 0.29) is 0 Å².